The maximum Gasteiger partial charge on any atom is 0.251 e. The summed E-state index contributed by atoms with van der Waals surface area (Å²) in [6, 6.07) is 18.9. The Morgan fingerprint density at radius 3 is 2.39 bits per heavy atom. The number of hydrogen-bond donors (Lipinski definition) is 2. The maximum absolute atomic E-state index is 12.4. The third-order valence-electron chi connectivity index (χ3n) is 4.74. The monoisotopic (exact) mass is 375 g/mol. The van der Waals surface area contributed by atoms with Crippen molar-refractivity contribution in [3.63, 3.8) is 0 Å². The Kier molecular flexibility index (Phi) is 6.27. The first-order chi connectivity index (χ1) is 13.6. The fourth-order valence-corrected chi connectivity index (χ4v) is 2.79. The van der Waals surface area contributed by atoms with E-state index in [0.717, 1.165) is 23.4 Å². The highest BCUT2D eigenvalue weighted by Gasteiger charge is 2.11. The molecule has 2 N–H and O–H groups in total. The Bertz CT molecular complexity index is 931. The number of rotatable bonds is 7. The number of benzene rings is 2. The lowest BCUT2D eigenvalue weighted by Gasteiger charge is -2.11. The molecule has 5 heteroatoms. The molecule has 1 atom stereocenters. The number of hydrogen-bond acceptors (Lipinski definition) is 2. The molecule has 0 fully saturated rings. The summed E-state index contributed by atoms with van der Waals surface area (Å²) in [6.07, 6.45) is 4.72. The van der Waals surface area contributed by atoms with E-state index in [2.05, 4.69) is 10.6 Å². The van der Waals surface area contributed by atoms with Crippen molar-refractivity contribution in [3.8, 4) is 5.69 Å². The minimum Gasteiger partial charge on any atom is -0.348 e. The second-order valence-corrected chi connectivity index (χ2v) is 6.82. The highest BCUT2D eigenvalue weighted by molar-refractivity contribution is 5.94. The molecule has 3 aromatic rings. The molecule has 0 bridgehead atoms. The summed E-state index contributed by atoms with van der Waals surface area (Å²) in [6.45, 7) is 4.29. The van der Waals surface area contributed by atoms with E-state index in [1.807, 2.05) is 91.5 Å². The van der Waals surface area contributed by atoms with Crippen LogP contribution in [0.15, 0.2) is 73.1 Å². The molecule has 0 spiro atoms. The number of anilines is 1. The molecule has 1 unspecified atom stereocenters. The van der Waals surface area contributed by atoms with Crippen molar-refractivity contribution in [3.05, 3.63) is 84.2 Å². The number of carbonyl (C=O) groups excluding carboxylic acids is 2. The van der Waals surface area contributed by atoms with E-state index in [1.165, 1.54) is 0 Å². The zero-order chi connectivity index (χ0) is 19.9. The lowest BCUT2D eigenvalue weighted by Crippen LogP contribution is -2.23. The van der Waals surface area contributed by atoms with Crippen LogP contribution in [0.3, 0.4) is 0 Å². The Balaban J connectivity index is 1.58. The number of carbonyl (C=O) groups is 2. The normalized spacial score (nSPS) is 11.6. The molecule has 3 rings (SSSR count). The average Bonchev–Trinajstić information content (AvgIpc) is 3.26. The van der Waals surface area contributed by atoms with Crippen molar-refractivity contribution in [1.29, 1.82) is 0 Å². The van der Waals surface area contributed by atoms with Gasteiger partial charge >= 0.3 is 0 Å². The van der Waals surface area contributed by atoms with Crippen LogP contribution in [0.4, 0.5) is 5.69 Å². The van der Waals surface area contributed by atoms with Crippen LogP contribution in [0.2, 0.25) is 0 Å². The summed E-state index contributed by atoms with van der Waals surface area (Å²) in [4.78, 5) is 24.5. The third-order valence-corrected chi connectivity index (χ3v) is 4.74. The van der Waals surface area contributed by atoms with Crippen LogP contribution >= 0.6 is 0 Å². The fraction of sp³-hybridized carbons (Fsp3) is 0.217. The van der Waals surface area contributed by atoms with Gasteiger partial charge in [-0.15, -0.1) is 0 Å². The molecule has 0 saturated heterocycles. The quantitative estimate of drug-likeness (QED) is 0.643. The molecular weight excluding hydrogens is 350 g/mol. The molecule has 0 aliphatic carbocycles. The molecular formula is C23H25N3O2. The summed E-state index contributed by atoms with van der Waals surface area (Å²) in [5, 5.41) is 5.84. The second-order valence-electron chi connectivity index (χ2n) is 6.82. The zero-order valence-electron chi connectivity index (χ0n) is 16.2. The molecule has 0 saturated carbocycles. The molecule has 144 valence electrons. The molecule has 2 aromatic carbocycles. The predicted octanol–water partition coefficient (Wildman–Crippen LogP) is 4.39. The van der Waals surface area contributed by atoms with Gasteiger partial charge in [0.25, 0.3) is 5.91 Å². The van der Waals surface area contributed by atoms with Crippen molar-refractivity contribution in [2.45, 2.75) is 26.8 Å². The second kappa shape index (κ2) is 9.04. The van der Waals surface area contributed by atoms with Crippen LogP contribution in [0.1, 0.15) is 36.2 Å². The highest BCUT2D eigenvalue weighted by atomic mass is 16.2. The smallest absolute Gasteiger partial charge is 0.251 e. The zero-order valence-corrected chi connectivity index (χ0v) is 16.2. The van der Waals surface area contributed by atoms with E-state index in [0.29, 0.717) is 12.1 Å². The number of nitrogens with one attached hydrogen (secondary N) is 2. The summed E-state index contributed by atoms with van der Waals surface area (Å²) >= 11 is 0. The summed E-state index contributed by atoms with van der Waals surface area (Å²) in [5.74, 6) is -0.155. The lowest BCUT2D eigenvalue weighted by molar-refractivity contribution is -0.119. The number of aromatic nitrogens is 1. The topological polar surface area (TPSA) is 63.1 Å². The molecule has 28 heavy (non-hydrogen) atoms. The maximum atomic E-state index is 12.4. The Morgan fingerprint density at radius 1 is 1.00 bits per heavy atom. The standard InChI is InChI=1S/C23H25N3O2/c1-3-17(2)22(27)25-20-8-6-7-18(15-20)16-24-23(28)19-9-11-21(12-10-19)26-13-4-5-14-26/h4-15,17H,3,16H2,1-2H3,(H,24,28)(H,25,27). The van der Waals surface area contributed by atoms with Crippen molar-refractivity contribution >= 4 is 17.5 Å². The van der Waals surface area contributed by atoms with Gasteiger partial charge in [0.2, 0.25) is 5.91 Å². The van der Waals surface area contributed by atoms with Gasteiger partial charge in [0.1, 0.15) is 0 Å². The van der Waals surface area contributed by atoms with Gasteiger partial charge in [0.15, 0.2) is 0 Å². The van der Waals surface area contributed by atoms with E-state index < -0.39 is 0 Å². The van der Waals surface area contributed by atoms with Gasteiger partial charge in [-0.3, -0.25) is 9.59 Å². The molecule has 0 radical (unpaired) electrons. The Morgan fingerprint density at radius 2 is 1.71 bits per heavy atom. The Hall–Kier alpha value is -3.34. The van der Waals surface area contributed by atoms with E-state index >= 15 is 0 Å². The minimum absolute atomic E-state index is 0.00599. The first-order valence-corrected chi connectivity index (χ1v) is 9.48. The predicted molar refractivity (Wildman–Crippen MR) is 111 cm³/mol. The van der Waals surface area contributed by atoms with Crippen molar-refractivity contribution in [1.82, 2.24) is 9.88 Å². The third kappa shape index (κ3) is 4.88. The van der Waals surface area contributed by atoms with Gasteiger partial charge < -0.3 is 15.2 Å². The largest absolute Gasteiger partial charge is 0.348 e. The van der Waals surface area contributed by atoms with Gasteiger partial charge in [0, 0.05) is 41.8 Å². The number of nitrogens with zero attached hydrogens (tertiary/aromatic N) is 1. The summed E-state index contributed by atoms with van der Waals surface area (Å²) in [7, 11) is 0. The van der Waals surface area contributed by atoms with Gasteiger partial charge in [-0.25, -0.2) is 0 Å². The van der Waals surface area contributed by atoms with Crippen LogP contribution in [0, 0.1) is 5.92 Å². The average molecular weight is 375 g/mol. The van der Waals surface area contributed by atoms with E-state index in [4.69, 9.17) is 0 Å². The van der Waals surface area contributed by atoms with Gasteiger partial charge in [0.05, 0.1) is 0 Å². The molecule has 0 aliphatic heterocycles. The minimum atomic E-state index is -0.131. The van der Waals surface area contributed by atoms with Gasteiger partial charge in [-0.2, -0.15) is 0 Å². The van der Waals surface area contributed by atoms with Crippen molar-refractivity contribution in [2.75, 3.05) is 5.32 Å². The molecule has 0 aliphatic rings. The fourth-order valence-electron chi connectivity index (χ4n) is 2.79. The van der Waals surface area contributed by atoms with E-state index in [-0.39, 0.29) is 17.7 Å². The molecule has 1 heterocycles. The lowest BCUT2D eigenvalue weighted by atomic mass is 10.1. The number of amides is 2. The van der Waals surface area contributed by atoms with Crippen molar-refractivity contribution < 1.29 is 9.59 Å². The van der Waals surface area contributed by atoms with Crippen LogP contribution in [0.25, 0.3) is 5.69 Å². The van der Waals surface area contributed by atoms with Crippen LogP contribution in [0.5, 0.6) is 0 Å². The van der Waals surface area contributed by atoms with Crippen LogP contribution in [-0.2, 0) is 11.3 Å². The van der Waals surface area contributed by atoms with Crippen LogP contribution in [-0.4, -0.2) is 16.4 Å². The van der Waals surface area contributed by atoms with Gasteiger partial charge in [-0.05, 0) is 60.5 Å². The SMILES string of the molecule is CCC(C)C(=O)Nc1cccc(CNC(=O)c2ccc(-n3cccc3)cc2)c1. The molecule has 5 nitrogen and oxygen atoms in total. The molecule has 1 aromatic heterocycles. The highest BCUT2D eigenvalue weighted by Crippen LogP contribution is 2.14. The van der Waals surface area contributed by atoms with Gasteiger partial charge in [-0.1, -0.05) is 26.0 Å². The molecule has 2 amide bonds. The summed E-state index contributed by atoms with van der Waals surface area (Å²) in [5.41, 5.74) is 3.29. The first kappa shape index (κ1) is 19.4. The first-order valence-electron chi connectivity index (χ1n) is 9.48. The Labute approximate surface area is 165 Å². The van der Waals surface area contributed by atoms with Crippen LogP contribution < -0.4 is 10.6 Å². The summed E-state index contributed by atoms with van der Waals surface area (Å²) < 4.78 is 1.99. The van der Waals surface area contributed by atoms with E-state index in [1.54, 1.807) is 0 Å². The van der Waals surface area contributed by atoms with E-state index in [9.17, 15) is 9.59 Å². The van der Waals surface area contributed by atoms with Crippen molar-refractivity contribution in [2.24, 2.45) is 5.92 Å².